The number of hydrogen-bond donors (Lipinski definition) is 1. The quantitative estimate of drug-likeness (QED) is 0.781. The van der Waals surface area contributed by atoms with Crippen LogP contribution in [0.25, 0.3) is 5.65 Å². The molecule has 1 aliphatic rings. The van der Waals surface area contributed by atoms with Gasteiger partial charge in [0.1, 0.15) is 5.56 Å². The largest absolute Gasteiger partial charge is 0.345 e. The number of carbonyl (C=O) groups is 1. The lowest BCUT2D eigenvalue weighted by Crippen LogP contribution is -2.27. The van der Waals surface area contributed by atoms with Crippen LogP contribution < -0.4 is 5.32 Å². The molecule has 1 N–H and O–H groups in total. The second kappa shape index (κ2) is 4.70. The van der Waals surface area contributed by atoms with Crippen LogP contribution in [-0.4, -0.2) is 20.5 Å². The lowest BCUT2D eigenvalue weighted by Gasteiger charge is -2.13. The molecule has 4 rings (SSSR count). The van der Waals surface area contributed by atoms with Gasteiger partial charge in [-0.15, -0.1) is 0 Å². The molecular formula is C16H14N4O. The monoisotopic (exact) mass is 278 g/mol. The first-order valence-corrected chi connectivity index (χ1v) is 7.00. The first kappa shape index (κ1) is 12.1. The van der Waals surface area contributed by atoms with E-state index < -0.39 is 0 Å². The van der Waals surface area contributed by atoms with Crippen LogP contribution in [0.5, 0.6) is 0 Å². The Kier molecular flexibility index (Phi) is 2.70. The Labute approximate surface area is 121 Å². The van der Waals surface area contributed by atoms with Crippen LogP contribution in [0.3, 0.4) is 0 Å². The molecule has 5 nitrogen and oxygen atoms in total. The van der Waals surface area contributed by atoms with Gasteiger partial charge in [-0.1, -0.05) is 24.3 Å². The summed E-state index contributed by atoms with van der Waals surface area (Å²) in [5.74, 6) is -0.120. The zero-order chi connectivity index (χ0) is 14.2. The fourth-order valence-corrected chi connectivity index (χ4v) is 2.93. The zero-order valence-electron chi connectivity index (χ0n) is 11.4. The van der Waals surface area contributed by atoms with Crippen LogP contribution in [0, 0.1) is 0 Å². The summed E-state index contributed by atoms with van der Waals surface area (Å²) in [6, 6.07) is 10.1. The van der Waals surface area contributed by atoms with Crippen molar-refractivity contribution in [3.63, 3.8) is 0 Å². The van der Waals surface area contributed by atoms with Crippen molar-refractivity contribution < 1.29 is 4.79 Å². The minimum Gasteiger partial charge on any atom is -0.345 e. The Morgan fingerprint density at radius 2 is 2.19 bits per heavy atom. The van der Waals surface area contributed by atoms with E-state index in [1.165, 1.54) is 11.1 Å². The molecule has 2 heterocycles. The van der Waals surface area contributed by atoms with Crippen LogP contribution in [0.15, 0.2) is 48.9 Å². The molecule has 0 fully saturated rings. The van der Waals surface area contributed by atoms with E-state index in [0.29, 0.717) is 11.2 Å². The number of hydrogen-bond acceptors (Lipinski definition) is 3. The highest BCUT2D eigenvalue weighted by Gasteiger charge is 2.25. The predicted octanol–water partition coefficient (Wildman–Crippen LogP) is 2.15. The molecule has 0 bridgehead atoms. The van der Waals surface area contributed by atoms with E-state index in [9.17, 15) is 4.79 Å². The topological polar surface area (TPSA) is 59.3 Å². The van der Waals surface area contributed by atoms with Crippen molar-refractivity contribution in [2.24, 2.45) is 0 Å². The van der Waals surface area contributed by atoms with Crippen LogP contribution in [-0.2, 0) is 6.42 Å². The Morgan fingerprint density at radius 3 is 3.14 bits per heavy atom. The maximum atomic E-state index is 12.5. The summed E-state index contributed by atoms with van der Waals surface area (Å²) >= 11 is 0. The lowest BCUT2D eigenvalue weighted by molar-refractivity contribution is 0.0938. The summed E-state index contributed by atoms with van der Waals surface area (Å²) in [6.07, 6.45) is 6.97. The van der Waals surface area contributed by atoms with Gasteiger partial charge in [0, 0.05) is 12.4 Å². The van der Waals surface area contributed by atoms with E-state index >= 15 is 0 Å². The first-order chi connectivity index (χ1) is 10.3. The van der Waals surface area contributed by atoms with E-state index in [4.69, 9.17) is 0 Å². The van der Waals surface area contributed by atoms with E-state index in [-0.39, 0.29) is 11.9 Å². The zero-order valence-corrected chi connectivity index (χ0v) is 11.4. The molecule has 1 atom stereocenters. The van der Waals surface area contributed by atoms with Gasteiger partial charge in [0.2, 0.25) is 0 Å². The SMILES string of the molecule is O=C(NC1CCc2ccccc21)c1cnn2cccnc12. The summed E-state index contributed by atoms with van der Waals surface area (Å²) in [4.78, 5) is 16.7. The van der Waals surface area contributed by atoms with Gasteiger partial charge in [0.25, 0.3) is 5.91 Å². The number of carbonyl (C=O) groups excluding carboxylic acids is 1. The second-order valence-corrected chi connectivity index (χ2v) is 5.21. The molecule has 1 unspecified atom stereocenters. The highest BCUT2D eigenvalue weighted by molar-refractivity contribution is 5.99. The number of fused-ring (bicyclic) bond motifs is 2. The Hall–Kier alpha value is -2.69. The van der Waals surface area contributed by atoms with Gasteiger partial charge in [-0.3, -0.25) is 4.79 Å². The fraction of sp³-hybridized carbons (Fsp3) is 0.188. The number of benzene rings is 1. The maximum Gasteiger partial charge on any atom is 0.257 e. The predicted molar refractivity (Wildman–Crippen MR) is 78.0 cm³/mol. The third-order valence-electron chi connectivity index (χ3n) is 3.96. The number of nitrogens with zero attached hydrogens (tertiary/aromatic N) is 3. The molecule has 2 aromatic heterocycles. The molecule has 5 heteroatoms. The highest BCUT2D eigenvalue weighted by atomic mass is 16.1. The van der Waals surface area contributed by atoms with Crippen LogP contribution >= 0.6 is 0 Å². The summed E-state index contributed by atoms with van der Waals surface area (Å²) < 4.78 is 1.61. The third-order valence-corrected chi connectivity index (χ3v) is 3.96. The van der Waals surface area contributed by atoms with Gasteiger partial charge in [0.05, 0.1) is 12.2 Å². The molecule has 21 heavy (non-hydrogen) atoms. The van der Waals surface area contributed by atoms with Crippen molar-refractivity contribution in [3.05, 3.63) is 65.6 Å². The summed E-state index contributed by atoms with van der Waals surface area (Å²) in [7, 11) is 0. The Morgan fingerprint density at radius 1 is 1.29 bits per heavy atom. The van der Waals surface area contributed by atoms with Gasteiger partial charge in [-0.2, -0.15) is 5.10 Å². The van der Waals surface area contributed by atoms with Crippen molar-refractivity contribution in [3.8, 4) is 0 Å². The Bertz CT molecular complexity index is 824. The third kappa shape index (κ3) is 1.98. The van der Waals surface area contributed by atoms with E-state index in [1.807, 2.05) is 12.1 Å². The van der Waals surface area contributed by atoms with Crippen LogP contribution in [0.1, 0.15) is 33.9 Å². The Balaban J connectivity index is 1.62. The maximum absolute atomic E-state index is 12.5. The van der Waals surface area contributed by atoms with Crippen molar-refractivity contribution in [2.45, 2.75) is 18.9 Å². The smallest absolute Gasteiger partial charge is 0.257 e. The van der Waals surface area contributed by atoms with Crippen molar-refractivity contribution in [1.82, 2.24) is 19.9 Å². The van der Waals surface area contributed by atoms with Gasteiger partial charge in [-0.25, -0.2) is 9.50 Å². The number of aromatic nitrogens is 3. The van der Waals surface area contributed by atoms with E-state index in [0.717, 1.165) is 12.8 Å². The number of amides is 1. The van der Waals surface area contributed by atoms with E-state index in [2.05, 4.69) is 27.5 Å². The molecule has 0 saturated carbocycles. The molecule has 0 radical (unpaired) electrons. The number of nitrogens with one attached hydrogen (secondary N) is 1. The van der Waals surface area contributed by atoms with Crippen molar-refractivity contribution in [1.29, 1.82) is 0 Å². The summed E-state index contributed by atoms with van der Waals surface area (Å²) in [5.41, 5.74) is 3.64. The van der Waals surface area contributed by atoms with E-state index in [1.54, 1.807) is 29.2 Å². The van der Waals surface area contributed by atoms with Gasteiger partial charge in [-0.05, 0) is 30.0 Å². The normalized spacial score (nSPS) is 16.9. The fourth-order valence-electron chi connectivity index (χ4n) is 2.93. The standard InChI is InChI=1S/C16H14N4O/c21-16(13-10-18-20-9-3-8-17-15(13)20)19-14-7-6-11-4-1-2-5-12(11)14/h1-5,8-10,14H,6-7H2,(H,19,21). The molecule has 1 amide bonds. The molecule has 0 spiro atoms. The number of aryl methyl sites for hydroxylation is 1. The van der Waals surface area contributed by atoms with Gasteiger partial charge in [0.15, 0.2) is 5.65 Å². The lowest BCUT2D eigenvalue weighted by atomic mass is 10.1. The van der Waals surface area contributed by atoms with Crippen LogP contribution in [0.4, 0.5) is 0 Å². The molecule has 0 aliphatic heterocycles. The minimum atomic E-state index is -0.120. The number of rotatable bonds is 2. The molecule has 1 aromatic carbocycles. The van der Waals surface area contributed by atoms with Crippen molar-refractivity contribution >= 4 is 11.6 Å². The van der Waals surface area contributed by atoms with Crippen LogP contribution in [0.2, 0.25) is 0 Å². The molecule has 3 aromatic rings. The van der Waals surface area contributed by atoms with Crippen molar-refractivity contribution in [2.75, 3.05) is 0 Å². The second-order valence-electron chi connectivity index (χ2n) is 5.21. The molecular weight excluding hydrogens is 264 g/mol. The molecule has 1 aliphatic carbocycles. The first-order valence-electron chi connectivity index (χ1n) is 7.00. The summed E-state index contributed by atoms with van der Waals surface area (Å²) in [5, 5.41) is 7.25. The molecule has 104 valence electrons. The highest BCUT2D eigenvalue weighted by Crippen LogP contribution is 2.30. The average molecular weight is 278 g/mol. The average Bonchev–Trinajstić information content (AvgIpc) is 3.12. The minimum absolute atomic E-state index is 0.0763. The van der Waals surface area contributed by atoms with Gasteiger partial charge >= 0.3 is 0 Å². The molecule has 0 saturated heterocycles. The summed E-state index contributed by atoms with van der Waals surface area (Å²) in [6.45, 7) is 0. The van der Waals surface area contributed by atoms with Gasteiger partial charge < -0.3 is 5.32 Å².